The maximum Gasteiger partial charge on any atom is 0.185 e. The molecule has 7 nitrogen and oxygen atoms in total. The van der Waals surface area contributed by atoms with Crippen LogP contribution in [0.2, 0.25) is 0 Å². The summed E-state index contributed by atoms with van der Waals surface area (Å²) >= 11 is 0. The predicted molar refractivity (Wildman–Crippen MR) is 123 cm³/mol. The van der Waals surface area contributed by atoms with Crippen molar-refractivity contribution in [2.75, 3.05) is 18.0 Å². The number of nitrogens with two attached hydrogens (primary N) is 1. The molecule has 4 aromatic rings. The van der Waals surface area contributed by atoms with Crippen molar-refractivity contribution in [3.05, 3.63) is 72.2 Å². The fraction of sp³-hybridized carbons (Fsp3) is 0.240. The molecule has 0 radical (unpaired) electrons. The minimum Gasteiger partial charge on any atom is -0.370 e. The van der Waals surface area contributed by atoms with Gasteiger partial charge in [0.25, 0.3) is 0 Å². The van der Waals surface area contributed by atoms with Crippen LogP contribution >= 0.6 is 0 Å². The van der Waals surface area contributed by atoms with Crippen LogP contribution in [-0.4, -0.2) is 38.5 Å². The van der Waals surface area contributed by atoms with Crippen LogP contribution in [0.1, 0.15) is 24.0 Å². The number of aromatic nitrogens is 4. The molecule has 2 N–H and O–H groups in total. The molecule has 0 bridgehead atoms. The molecule has 0 amide bonds. The van der Waals surface area contributed by atoms with Crippen LogP contribution in [0.25, 0.3) is 28.3 Å². The fourth-order valence-electron chi connectivity index (χ4n) is 4.87. The second kappa shape index (κ2) is 7.36. The summed E-state index contributed by atoms with van der Waals surface area (Å²) in [7, 11) is 0. The number of piperidine rings is 1. The Hall–Kier alpha value is -3.89. The first-order chi connectivity index (χ1) is 15.7. The average molecular weight is 422 g/mol. The summed E-state index contributed by atoms with van der Waals surface area (Å²) in [6.07, 6.45) is 6.17. The predicted octanol–water partition coefficient (Wildman–Crippen LogP) is 3.56. The van der Waals surface area contributed by atoms with Gasteiger partial charge in [0.2, 0.25) is 0 Å². The van der Waals surface area contributed by atoms with Crippen LogP contribution in [0, 0.1) is 11.3 Å². The van der Waals surface area contributed by atoms with Gasteiger partial charge in [-0.05, 0) is 60.4 Å². The normalized spacial score (nSPS) is 17.1. The van der Waals surface area contributed by atoms with Gasteiger partial charge >= 0.3 is 0 Å². The molecular weight excluding hydrogens is 398 g/mol. The van der Waals surface area contributed by atoms with Gasteiger partial charge in [0, 0.05) is 43.1 Å². The van der Waals surface area contributed by atoms with Gasteiger partial charge in [0.1, 0.15) is 6.33 Å². The number of fused-ring (bicyclic) bond motifs is 5. The first-order valence-corrected chi connectivity index (χ1v) is 10.9. The Morgan fingerprint density at radius 1 is 1.06 bits per heavy atom. The highest BCUT2D eigenvalue weighted by molar-refractivity contribution is 5.72. The third-order valence-electron chi connectivity index (χ3n) is 6.51. The highest BCUT2D eigenvalue weighted by Crippen LogP contribution is 2.35. The minimum atomic E-state index is 0.234. The number of rotatable bonds is 2. The highest BCUT2D eigenvalue weighted by atomic mass is 15.3. The van der Waals surface area contributed by atoms with Gasteiger partial charge in [-0.1, -0.05) is 12.1 Å². The maximum absolute atomic E-state index is 9.09. The Morgan fingerprint density at radius 3 is 2.75 bits per heavy atom. The van der Waals surface area contributed by atoms with Crippen LogP contribution in [0.4, 0.5) is 5.69 Å². The second-order valence-electron chi connectivity index (χ2n) is 8.62. The van der Waals surface area contributed by atoms with Crippen molar-refractivity contribution in [3.63, 3.8) is 0 Å². The van der Waals surface area contributed by atoms with E-state index >= 15 is 0 Å². The van der Waals surface area contributed by atoms with Crippen LogP contribution in [0.3, 0.4) is 0 Å². The molecule has 0 unspecified atom stereocenters. The Balaban J connectivity index is 1.43. The van der Waals surface area contributed by atoms with Gasteiger partial charge in [-0.15, -0.1) is 10.2 Å². The Bertz CT molecular complexity index is 1340. The number of hydrogen-bond acceptors (Lipinski definition) is 5. The van der Waals surface area contributed by atoms with Crippen molar-refractivity contribution in [2.24, 2.45) is 5.73 Å². The molecular formula is C25H23N7. The minimum absolute atomic E-state index is 0.234. The summed E-state index contributed by atoms with van der Waals surface area (Å²) in [5, 5.41) is 17.7. The maximum atomic E-state index is 9.09. The zero-order valence-corrected chi connectivity index (χ0v) is 17.6. The molecule has 7 heteroatoms. The zero-order valence-electron chi connectivity index (χ0n) is 17.6. The number of anilines is 1. The van der Waals surface area contributed by atoms with Crippen molar-refractivity contribution in [2.45, 2.75) is 25.4 Å². The van der Waals surface area contributed by atoms with Gasteiger partial charge in [-0.2, -0.15) is 5.26 Å². The summed E-state index contributed by atoms with van der Waals surface area (Å²) in [6.45, 7) is 2.69. The van der Waals surface area contributed by atoms with Gasteiger partial charge in [0.05, 0.1) is 23.0 Å². The molecule has 2 aromatic heterocycles. The SMILES string of the molecule is N#Cc1ccc(-c2cc3n(c2)Cc2cc(N4CCC[C@H](N)C4)ccc2-n2cnnc2-3)cc1. The average Bonchev–Trinajstić information content (AvgIpc) is 3.44. The van der Waals surface area contributed by atoms with Crippen LogP contribution < -0.4 is 10.6 Å². The highest BCUT2D eigenvalue weighted by Gasteiger charge is 2.24. The van der Waals surface area contributed by atoms with E-state index in [1.807, 2.05) is 24.3 Å². The molecule has 2 aromatic carbocycles. The van der Waals surface area contributed by atoms with E-state index < -0.39 is 0 Å². The summed E-state index contributed by atoms with van der Waals surface area (Å²) in [4.78, 5) is 2.39. The molecule has 0 aliphatic carbocycles. The molecule has 6 rings (SSSR count). The number of nitrogens with zero attached hydrogens (tertiary/aromatic N) is 6. The largest absolute Gasteiger partial charge is 0.370 e. The lowest BCUT2D eigenvalue weighted by atomic mass is 10.0. The molecule has 1 atom stereocenters. The summed E-state index contributed by atoms with van der Waals surface area (Å²) in [5.41, 5.74) is 13.6. The van der Waals surface area contributed by atoms with Crippen LogP contribution in [-0.2, 0) is 6.54 Å². The lowest BCUT2D eigenvalue weighted by molar-refractivity contribution is 0.506. The van der Waals surface area contributed by atoms with Crippen LogP contribution in [0.5, 0.6) is 0 Å². The molecule has 158 valence electrons. The van der Waals surface area contributed by atoms with E-state index in [1.165, 1.54) is 11.3 Å². The van der Waals surface area contributed by atoms with E-state index in [1.54, 1.807) is 6.33 Å². The fourth-order valence-corrected chi connectivity index (χ4v) is 4.87. The van der Waals surface area contributed by atoms with E-state index in [0.29, 0.717) is 5.56 Å². The van der Waals surface area contributed by atoms with Gasteiger partial charge in [-0.3, -0.25) is 4.57 Å². The summed E-state index contributed by atoms with van der Waals surface area (Å²) in [5.74, 6) is 0.830. The molecule has 2 aliphatic heterocycles. The standard InChI is InChI=1S/C25H23N7/c26-12-17-3-5-18(6-4-17)19-11-24-25-29-28-16-32(25)23-8-7-22(10-20(23)14-31(24)13-19)30-9-1-2-21(27)15-30/h3-8,10-11,13,16,21H,1-2,9,14-15,27H2/t21-/m0/s1. The van der Waals surface area contributed by atoms with Gasteiger partial charge < -0.3 is 15.2 Å². The number of hydrogen-bond donors (Lipinski definition) is 1. The van der Waals surface area contributed by atoms with Gasteiger partial charge in [-0.25, -0.2) is 0 Å². The van der Waals surface area contributed by atoms with E-state index in [0.717, 1.165) is 60.8 Å². The quantitative estimate of drug-likeness (QED) is 0.471. The van der Waals surface area contributed by atoms with Gasteiger partial charge in [0.15, 0.2) is 5.82 Å². The number of benzene rings is 2. The van der Waals surface area contributed by atoms with Crippen molar-refractivity contribution in [1.82, 2.24) is 19.3 Å². The molecule has 1 fully saturated rings. The molecule has 0 spiro atoms. The Morgan fingerprint density at radius 2 is 1.94 bits per heavy atom. The Labute approximate surface area is 186 Å². The van der Waals surface area contributed by atoms with E-state index in [-0.39, 0.29) is 6.04 Å². The third kappa shape index (κ3) is 3.08. The molecule has 1 saturated heterocycles. The van der Waals surface area contributed by atoms with E-state index in [9.17, 15) is 0 Å². The lowest BCUT2D eigenvalue weighted by Crippen LogP contribution is -2.42. The first-order valence-electron chi connectivity index (χ1n) is 10.9. The zero-order chi connectivity index (χ0) is 21.7. The van der Waals surface area contributed by atoms with Crippen LogP contribution in [0.15, 0.2) is 61.1 Å². The van der Waals surface area contributed by atoms with E-state index in [4.69, 9.17) is 11.0 Å². The van der Waals surface area contributed by atoms with Crippen molar-refractivity contribution < 1.29 is 0 Å². The van der Waals surface area contributed by atoms with Crippen molar-refractivity contribution >= 4 is 5.69 Å². The summed E-state index contributed by atoms with van der Waals surface area (Å²) < 4.78 is 4.31. The molecule has 4 heterocycles. The monoisotopic (exact) mass is 421 g/mol. The van der Waals surface area contributed by atoms with E-state index in [2.05, 4.69) is 60.8 Å². The molecule has 2 aliphatic rings. The smallest absolute Gasteiger partial charge is 0.185 e. The lowest BCUT2D eigenvalue weighted by Gasteiger charge is -2.33. The van der Waals surface area contributed by atoms with Crippen molar-refractivity contribution in [3.8, 4) is 34.4 Å². The second-order valence-corrected chi connectivity index (χ2v) is 8.62. The topological polar surface area (TPSA) is 88.7 Å². The third-order valence-corrected chi connectivity index (χ3v) is 6.51. The van der Waals surface area contributed by atoms with Crippen molar-refractivity contribution in [1.29, 1.82) is 5.26 Å². The summed E-state index contributed by atoms with van der Waals surface area (Å²) in [6, 6.07) is 18.9. The first kappa shape index (κ1) is 18.8. The molecule has 32 heavy (non-hydrogen) atoms. The number of nitriles is 1. The molecule has 0 saturated carbocycles. The Kier molecular flexibility index (Phi) is 4.33.